The fraction of sp³-hybridized carbons (Fsp3) is 0.385. The molecule has 0 aliphatic carbocycles. The first kappa shape index (κ1) is 14.6. The van der Waals surface area contributed by atoms with Gasteiger partial charge in [-0.3, -0.25) is 9.59 Å². The summed E-state index contributed by atoms with van der Waals surface area (Å²) in [4.78, 5) is 23.5. The molecule has 2 nitrogen and oxygen atoms in total. The van der Waals surface area contributed by atoms with Gasteiger partial charge in [0.15, 0.2) is 5.78 Å². The van der Waals surface area contributed by atoms with Crippen molar-refractivity contribution in [3.63, 3.8) is 0 Å². The monoisotopic (exact) mass is 360 g/mol. The number of carbonyl (C=O) groups excluding carboxylic acids is 2. The standard InChI is InChI=1S/C13H14Br2O2/c1-8(2)6-9(16)7-12(17)10-4-3-5-11(14)13(10)15/h3-5,8H,6-7H2,1-2H3. The number of benzene rings is 1. The number of ketones is 2. The molecular formula is C13H14Br2O2. The van der Waals surface area contributed by atoms with E-state index in [1.807, 2.05) is 19.9 Å². The second kappa shape index (κ2) is 6.45. The molecule has 1 aromatic rings. The van der Waals surface area contributed by atoms with E-state index >= 15 is 0 Å². The molecular weight excluding hydrogens is 348 g/mol. The number of halogens is 2. The Balaban J connectivity index is 2.77. The van der Waals surface area contributed by atoms with Crippen LogP contribution in [0, 0.1) is 5.92 Å². The highest BCUT2D eigenvalue weighted by atomic mass is 79.9. The second-order valence-electron chi connectivity index (χ2n) is 4.34. The van der Waals surface area contributed by atoms with Crippen LogP contribution in [0.4, 0.5) is 0 Å². The first-order valence-corrected chi connectivity index (χ1v) is 6.99. The van der Waals surface area contributed by atoms with Crippen LogP contribution in [0.25, 0.3) is 0 Å². The van der Waals surface area contributed by atoms with Gasteiger partial charge in [-0.25, -0.2) is 0 Å². The summed E-state index contributed by atoms with van der Waals surface area (Å²) >= 11 is 6.68. The average molecular weight is 362 g/mol. The van der Waals surface area contributed by atoms with Crippen molar-refractivity contribution in [1.82, 2.24) is 0 Å². The van der Waals surface area contributed by atoms with E-state index in [0.717, 1.165) is 4.47 Å². The molecule has 0 radical (unpaired) electrons. The molecule has 0 amide bonds. The van der Waals surface area contributed by atoms with E-state index in [4.69, 9.17) is 0 Å². The van der Waals surface area contributed by atoms with E-state index in [-0.39, 0.29) is 18.0 Å². The predicted molar refractivity (Wildman–Crippen MR) is 75.3 cm³/mol. The van der Waals surface area contributed by atoms with Gasteiger partial charge in [-0.2, -0.15) is 0 Å². The Bertz CT molecular complexity index is 439. The third-order valence-electron chi connectivity index (χ3n) is 2.25. The maximum Gasteiger partial charge on any atom is 0.171 e. The quantitative estimate of drug-likeness (QED) is 0.575. The minimum Gasteiger partial charge on any atom is -0.299 e. The van der Waals surface area contributed by atoms with E-state index in [1.54, 1.807) is 12.1 Å². The molecule has 1 rings (SSSR count). The van der Waals surface area contributed by atoms with Gasteiger partial charge in [0, 0.05) is 20.9 Å². The number of hydrogen-bond acceptors (Lipinski definition) is 2. The first-order chi connectivity index (χ1) is 7.91. The molecule has 0 bridgehead atoms. The lowest BCUT2D eigenvalue weighted by atomic mass is 10.0. The van der Waals surface area contributed by atoms with Crippen molar-refractivity contribution in [1.29, 1.82) is 0 Å². The maximum absolute atomic E-state index is 11.9. The lowest BCUT2D eigenvalue weighted by molar-refractivity contribution is -0.118. The number of hydrogen-bond donors (Lipinski definition) is 0. The highest BCUT2D eigenvalue weighted by molar-refractivity contribution is 9.13. The fourth-order valence-corrected chi connectivity index (χ4v) is 2.37. The predicted octanol–water partition coefficient (Wildman–Crippen LogP) is 4.40. The summed E-state index contributed by atoms with van der Waals surface area (Å²) < 4.78 is 1.53. The van der Waals surface area contributed by atoms with Gasteiger partial charge in [0.05, 0.1) is 6.42 Å². The van der Waals surface area contributed by atoms with Gasteiger partial charge in [-0.05, 0) is 43.8 Å². The summed E-state index contributed by atoms with van der Waals surface area (Å²) in [6, 6.07) is 5.35. The van der Waals surface area contributed by atoms with E-state index in [0.29, 0.717) is 22.4 Å². The lowest BCUT2D eigenvalue weighted by Crippen LogP contribution is -2.10. The molecule has 0 aliphatic rings. The van der Waals surface area contributed by atoms with Crippen LogP contribution in [0.2, 0.25) is 0 Å². The van der Waals surface area contributed by atoms with Crippen LogP contribution in [0.15, 0.2) is 27.1 Å². The van der Waals surface area contributed by atoms with Crippen LogP contribution >= 0.6 is 31.9 Å². The van der Waals surface area contributed by atoms with Gasteiger partial charge >= 0.3 is 0 Å². The number of carbonyl (C=O) groups is 2. The van der Waals surface area contributed by atoms with Crippen LogP contribution < -0.4 is 0 Å². The summed E-state index contributed by atoms with van der Waals surface area (Å²) in [6.45, 7) is 3.94. The summed E-state index contributed by atoms with van der Waals surface area (Å²) in [5.74, 6) is 0.155. The van der Waals surface area contributed by atoms with Gasteiger partial charge in [-0.15, -0.1) is 0 Å². The van der Waals surface area contributed by atoms with Crippen molar-refractivity contribution in [3.8, 4) is 0 Å². The van der Waals surface area contributed by atoms with Gasteiger partial charge in [0.2, 0.25) is 0 Å². The Morgan fingerprint density at radius 3 is 2.47 bits per heavy atom. The van der Waals surface area contributed by atoms with Crippen LogP contribution in [0.1, 0.15) is 37.0 Å². The smallest absolute Gasteiger partial charge is 0.171 e. The Morgan fingerprint density at radius 1 is 1.24 bits per heavy atom. The molecule has 0 saturated heterocycles. The molecule has 0 spiro atoms. The molecule has 17 heavy (non-hydrogen) atoms. The molecule has 0 N–H and O–H groups in total. The molecule has 92 valence electrons. The van der Waals surface area contributed by atoms with Crippen molar-refractivity contribution in [2.24, 2.45) is 5.92 Å². The number of rotatable bonds is 5. The lowest BCUT2D eigenvalue weighted by Gasteiger charge is -2.06. The molecule has 0 saturated carbocycles. The average Bonchev–Trinajstić information content (AvgIpc) is 2.20. The van der Waals surface area contributed by atoms with Crippen LogP contribution in [-0.4, -0.2) is 11.6 Å². The molecule has 0 unspecified atom stereocenters. The zero-order chi connectivity index (χ0) is 13.0. The number of Topliss-reactive ketones (excluding diaryl/α,β-unsaturated/α-hetero) is 2. The second-order valence-corrected chi connectivity index (χ2v) is 5.99. The molecule has 0 heterocycles. The molecule has 4 heteroatoms. The van der Waals surface area contributed by atoms with Gasteiger partial charge in [0.25, 0.3) is 0 Å². The minimum absolute atomic E-state index is 0.00289. The summed E-state index contributed by atoms with van der Waals surface area (Å²) in [5.41, 5.74) is 0.552. The Morgan fingerprint density at radius 2 is 1.88 bits per heavy atom. The van der Waals surface area contributed by atoms with Crippen LogP contribution in [-0.2, 0) is 4.79 Å². The normalized spacial score (nSPS) is 10.6. The van der Waals surface area contributed by atoms with Gasteiger partial charge in [-0.1, -0.05) is 26.0 Å². The van der Waals surface area contributed by atoms with Crippen molar-refractivity contribution < 1.29 is 9.59 Å². The molecule has 0 fully saturated rings. The maximum atomic E-state index is 11.9. The summed E-state index contributed by atoms with van der Waals surface area (Å²) in [6.07, 6.45) is 0.435. The zero-order valence-corrected chi connectivity index (χ0v) is 13.0. The topological polar surface area (TPSA) is 34.1 Å². The highest BCUT2D eigenvalue weighted by Gasteiger charge is 2.16. The third-order valence-corrected chi connectivity index (χ3v) is 4.29. The molecule has 0 atom stereocenters. The SMILES string of the molecule is CC(C)CC(=O)CC(=O)c1cccc(Br)c1Br. The Labute approximate surface area is 118 Å². The van der Waals surface area contributed by atoms with Crippen LogP contribution in [0.3, 0.4) is 0 Å². The largest absolute Gasteiger partial charge is 0.299 e. The van der Waals surface area contributed by atoms with Crippen molar-refractivity contribution in [2.75, 3.05) is 0 Å². The molecule has 1 aromatic carbocycles. The van der Waals surface area contributed by atoms with Crippen molar-refractivity contribution >= 4 is 43.4 Å². The van der Waals surface area contributed by atoms with Crippen molar-refractivity contribution in [3.05, 3.63) is 32.7 Å². The van der Waals surface area contributed by atoms with E-state index in [9.17, 15) is 9.59 Å². The Hall–Kier alpha value is -0.480. The van der Waals surface area contributed by atoms with E-state index < -0.39 is 0 Å². The van der Waals surface area contributed by atoms with Gasteiger partial charge < -0.3 is 0 Å². The zero-order valence-electron chi connectivity index (χ0n) is 9.80. The first-order valence-electron chi connectivity index (χ1n) is 5.40. The van der Waals surface area contributed by atoms with E-state index in [1.165, 1.54) is 0 Å². The van der Waals surface area contributed by atoms with E-state index in [2.05, 4.69) is 31.9 Å². The van der Waals surface area contributed by atoms with Gasteiger partial charge in [0.1, 0.15) is 5.78 Å². The highest BCUT2D eigenvalue weighted by Crippen LogP contribution is 2.27. The Kier molecular flexibility index (Phi) is 5.53. The summed E-state index contributed by atoms with van der Waals surface area (Å²) in [7, 11) is 0. The van der Waals surface area contributed by atoms with Crippen LogP contribution in [0.5, 0.6) is 0 Å². The molecule has 0 aliphatic heterocycles. The third kappa shape index (κ3) is 4.36. The summed E-state index contributed by atoms with van der Waals surface area (Å²) in [5, 5.41) is 0. The fourth-order valence-electron chi connectivity index (χ4n) is 1.52. The minimum atomic E-state index is -0.135. The molecule has 0 aromatic heterocycles. The van der Waals surface area contributed by atoms with Crippen molar-refractivity contribution in [2.45, 2.75) is 26.7 Å².